The van der Waals surface area contributed by atoms with E-state index in [-0.39, 0.29) is 10.8 Å². The Kier molecular flexibility index (Phi) is 2.15. The molecule has 0 radical (unpaired) electrons. The van der Waals surface area contributed by atoms with Gasteiger partial charge in [0.05, 0.1) is 0 Å². The molecule has 0 saturated carbocycles. The van der Waals surface area contributed by atoms with Gasteiger partial charge in [-0.25, -0.2) is 0 Å². The Morgan fingerprint density at radius 2 is 2.00 bits per heavy atom. The smallest absolute Gasteiger partial charge is 0.126 e. The van der Waals surface area contributed by atoms with E-state index >= 15 is 0 Å². The molecule has 0 aromatic heterocycles. The molecule has 0 N–H and O–H groups in total. The van der Waals surface area contributed by atoms with E-state index in [4.69, 9.17) is 0 Å². The van der Waals surface area contributed by atoms with E-state index < -0.39 is 0 Å². The number of hydrogen-bond donors (Lipinski definition) is 0. The average molecular weight is 166 g/mol. The molecule has 2 atom stereocenters. The first-order valence-electron chi connectivity index (χ1n) is 4.56. The topological polar surface area (TPSA) is 17.1 Å². The molecule has 1 heteroatoms. The fraction of sp³-hybridized carbons (Fsp3) is 0.727. The maximum atomic E-state index is 10.9. The van der Waals surface area contributed by atoms with Gasteiger partial charge in [0.1, 0.15) is 6.29 Å². The summed E-state index contributed by atoms with van der Waals surface area (Å²) in [4.78, 5) is 10.9. The van der Waals surface area contributed by atoms with Crippen LogP contribution in [0.1, 0.15) is 34.1 Å². The van der Waals surface area contributed by atoms with Crippen LogP contribution in [0.3, 0.4) is 0 Å². The zero-order chi connectivity index (χ0) is 9.41. The van der Waals surface area contributed by atoms with Crippen molar-refractivity contribution in [2.45, 2.75) is 34.1 Å². The first-order chi connectivity index (χ1) is 5.42. The SMILES string of the molecule is CC1C(C)(C)C=CCC1(C)C=O. The second-order valence-electron chi connectivity index (χ2n) is 4.77. The van der Waals surface area contributed by atoms with Crippen molar-refractivity contribution >= 4 is 6.29 Å². The number of rotatable bonds is 1. The summed E-state index contributed by atoms with van der Waals surface area (Å²) in [5.74, 6) is 0.424. The highest BCUT2D eigenvalue weighted by molar-refractivity contribution is 5.60. The first kappa shape index (κ1) is 9.50. The fourth-order valence-corrected chi connectivity index (χ4v) is 1.94. The zero-order valence-corrected chi connectivity index (χ0v) is 8.42. The van der Waals surface area contributed by atoms with Gasteiger partial charge in [-0.1, -0.05) is 39.8 Å². The van der Waals surface area contributed by atoms with Crippen molar-refractivity contribution in [3.05, 3.63) is 12.2 Å². The summed E-state index contributed by atoms with van der Waals surface area (Å²) < 4.78 is 0. The maximum absolute atomic E-state index is 10.9. The van der Waals surface area contributed by atoms with Crippen LogP contribution in [-0.2, 0) is 4.79 Å². The van der Waals surface area contributed by atoms with E-state index in [2.05, 4.69) is 39.8 Å². The van der Waals surface area contributed by atoms with Crippen molar-refractivity contribution in [1.29, 1.82) is 0 Å². The predicted molar refractivity (Wildman–Crippen MR) is 50.9 cm³/mol. The second-order valence-corrected chi connectivity index (χ2v) is 4.77. The Morgan fingerprint density at radius 1 is 1.42 bits per heavy atom. The van der Waals surface area contributed by atoms with E-state index in [9.17, 15) is 4.79 Å². The molecule has 0 saturated heterocycles. The third-order valence-corrected chi connectivity index (χ3v) is 3.48. The normalized spacial score (nSPS) is 39.5. The minimum Gasteiger partial charge on any atom is -0.303 e. The van der Waals surface area contributed by atoms with Crippen LogP contribution in [0.2, 0.25) is 0 Å². The molecule has 1 rings (SSSR count). The summed E-state index contributed by atoms with van der Waals surface area (Å²) in [5, 5.41) is 0. The van der Waals surface area contributed by atoms with E-state index in [1.807, 2.05) is 0 Å². The van der Waals surface area contributed by atoms with Gasteiger partial charge < -0.3 is 4.79 Å². The number of carbonyl (C=O) groups excluding carboxylic acids is 1. The molecular formula is C11H18O. The van der Waals surface area contributed by atoms with Gasteiger partial charge in [-0.15, -0.1) is 0 Å². The minimum absolute atomic E-state index is 0.155. The van der Waals surface area contributed by atoms with Crippen LogP contribution >= 0.6 is 0 Å². The molecular weight excluding hydrogens is 148 g/mol. The zero-order valence-electron chi connectivity index (χ0n) is 8.42. The van der Waals surface area contributed by atoms with E-state index in [0.29, 0.717) is 5.92 Å². The van der Waals surface area contributed by atoms with Gasteiger partial charge in [0.25, 0.3) is 0 Å². The highest BCUT2D eigenvalue weighted by atomic mass is 16.1. The predicted octanol–water partition coefficient (Wildman–Crippen LogP) is 2.81. The summed E-state index contributed by atoms with van der Waals surface area (Å²) in [6.45, 7) is 8.60. The number of hydrogen-bond acceptors (Lipinski definition) is 1. The lowest BCUT2D eigenvalue weighted by Crippen LogP contribution is -2.38. The molecule has 1 aliphatic rings. The van der Waals surface area contributed by atoms with Crippen molar-refractivity contribution in [3.63, 3.8) is 0 Å². The van der Waals surface area contributed by atoms with Gasteiger partial charge in [0.2, 0.25) is 0 Å². The monoisotopic (exact) mass is 166 g/mol. The number of allylic oxidation sites excluding steroid dienone is 2. The van der Waals surface area contributed by atoms with Crippen LogP contribution in [0.15, 0.2) is 12.2 Å². The van der Waals surface area contributed by atoms with Crippen molar-refractivity contribution in [2.75, 3.05) is 0 Å². The third-order valence-electron chi connectivity index (χ3n) is 3.48. The molecule has 0 aromatic carbocycles. The molecule has 1 aliphatic carbocycles. The number of carbonyl (C=O) groups is 1. The highest BCUT2D eigenvalue weighted by Crippen LogP contribution is 2.45. The average Bonchev–Trinajstić information content (AvgIpc) is 2.00. The van der Waals surface area contributed by atoms with Crippen LogP contribution < -0.4 is 0 Å². The Labute approximate surface area is 74.9 Å². The molecule has 0 fully saturated rings. The van der Waals surface area contributed by atoms with Crippen LogP contribution in [0.5, 0.6) is 0 Å². The van der Waals surface area contributed by atoms with Crippen molar-refractivity contribution in [1.82, 2.24) is 0 Å². The van der Waals surface area contributed by atoms with Gasteiger partial charge in [0.15, 0.2) is 0 Å². The maximum Gasteiger partial charge on any atom is 0.126 e. The van der Waals surface area contributed by atoms with Crippen molar-refractivity contribution in [2.24, 2.45) is 16.7 Å². The Bertz CT molecular complexity index is 215. The lowest BCUT2D eigenvalue weighted by molar-refractivity contribution is -0.120. The van der Waals surface area contributed by atoms with Gasteiger partial charge in [-0.3, -0.25) is 0 Å². The van der Waals surface area contributed by atoms with Crippen LogP contribution in [0.4, 0.5) is 0 Å². The van der Waals surface area contributed by atoms with Gasteiger partial charge in [0, 0.05) is 5.41 Å². The van der Waals surface area contributed by atoms with Crippen molar-refractivity contribution < 1.29 is 4.79 Å². The summed E-state index contributed by atoms with van der Waals surface area (Å²) in [7, 11) is 0. The molecule has 68 valence electrons. The molecule has 0 aromatic rings. The van der Waals surface area contributed by atoms with Gasteiger partial charge >= 0.3 is 0 Å². The Morgan fingerprint density at radius 3 is 2.42 bits per heavy atom. The second kappa shape index (κ2) is 2.72. The minimum atomic E-state index is -0.155. The molecule has 0 heterocycles. The van der Waals surface area contributed by atoms with Crippen LogP contribution in [0.25, 0.3) is 0 Å². The largest absolute Gasteiger partial charge is 0.303 e. The Hall–Kier alpha value is -0.590. The molecule has 0 amide bonds. The summed E-state index contributed by atoms with van der Waals surface area (Å²) in [6, 6.07) is 0. The van der Waals surface area contributed by atoms with E-state index in [1.54, 1.807) is 0 Å². The lowest BCUT2D eigenvalue weighted by Gasteiger charge is -2.42. The third kappa shape index (κ3) is 1.33. The summed E-state index contributed by atoms with van der Waals surface area (Å²) in [6.07, 6.45) is 6.36. The van der Waals surface area contributed by atoms with E-state index in [1.165, 1.54) is 0 Å². The van der Waals surface area contributed by atoms with Crippen LogP contribution in [-0.4, -0.2) is 6.29 Å². The molecule has 0 bridgehead atoms. The summed E-state index contributed by atoms with van der Waals surface area (Å²) >= 11 is 0. The van der Waals surface area contributed by atoms with Crippen molar-refractivity contribution in [3.8, 4) is 0 Å². The molecule has 0 aliphatic heterocycles. The quantitative estimate of drug-likeness (QED) is 0.432. The molecule has 2 unspecified atom stereocenters. The number of aldehydes is 1. The van der Waals surface area contributed by atoms with E-state index in [0.717, 1.165) is 12.7 Å². The van der Waals surface area contributed by atoms with Crippen LogP contribution in [0, 0.1) is 16.7 Å². The summed E-state index contributed by atoms with van der Waals surface area (Å²) in [5.41, 5.74) is 0.00611. The van der Waals surface area contributed by atoms with Gasteiger partial charge in [-0.05, 0) is 17.8 Å². The Balaban J connectivity index is 2.99. The molecule has 12 heavy (non-hydrogen) atoms. The van der Waals surface area contributed by atoms with Gasteiger partial charge in [-0.2, -0.15) is 0 Å². The lowest BCUT2D eigenvalue weighted by atomic mass is 9.61. The molecule has 1 nitrogen and oxygen atoms in total. The standard InChI is InChI=1S/C11H18O/c1-9-10(2,3)6-5-7-11(9,4)8-12/h5-6,8-9H,7H2,1-4H3. The highest BCUT2D eigenvalue weighted by Gasteiger charge is 2.40. The first-order valence-corrected chi connectivity index (χ1v) is 4.56. The fourth-order valence-electron chi connectivity index (χ4n) is 1.94. The molecule has 0 spiro atoms.